The van der Waals surface area contributed by atoms with Crippen molar-refractivity contribution in [3.8, 4) is 0 Å². The van der Waals surface area contributed by atoms with E-state index in [4.69, 9.17) is 11.6 Å². The molecule has 1 aromatic heterocycles. The molecule has 1 aliphatic carbocycles. The average molecular weight is 292 g/mol. The van der Waals surface area contributed by atoms with Crippen LogP contribution in [-0.4, -0.2) is 30.0 Å². The van der Waals surface area contributed by atoms with Crippen LogP contribution in [0.1, 0.15) is 32.6 Å². The third-order valence-corrected chi connectivity index (χ3v) is 5.54. The van der Waals surface area contributed by atoms with E-state index in [1.165, 1.54) is 12.4 Å². The highest BCUT2D eigenvalue weighted by Crippen LogP contribution is 2.34. The summed E-state index contributed by atoms with van der Waals surface area (Å²) in [4.78, 5) is 0.158. The van der Waals surface area contributed by atoms with Crippen molar-refractivity contribution in [3.63, 3.8) is 0 Å². The van der Waals surface area contributed by atoms with Crippen LogP contribution >= 0.6 is 11.6 Å². The van der Waals surface area contributed by atoms with Gasteiger partial charge in [-0.15, -0.1) is 11.6 Å². The molecular weight excluding hydrogens is 274 g/mol. The smallest absolute Gasteiger partial charge is 0.244 e. The maximum absolute atomic E-state index is 12.2. The molecule has 2 atom stereocenters. The Morgan fingerprint density at radius 3 is 3.00 bits per heavy atom. The molecule has 5 nitrogen and oxygen atoms in total. The highest BCUT2D eigenvalue weighted by atomic mass is 35.5. The topological polar surface area (TPSA) is 74.8 Å². The molecule has 1 heterocycles. The number of aromatic nitrogens is 2. The summed E-state index contributed by atoms with van der Waals surface area (Å²) in [5.41, 5.74) is -0.519. The molecule has 1 fully saturated rings. The summed E-state index contributed by atoms with van der Waals surface area (Å²) in [6, 6.07) is 0. The number of H-pyrrole nitrogens is 1. The van der Waals surface area contributed by atoms with Gasteiger partial charge in [-0.3, -0.25) is 5.10 Å². The van der Waals surface area contributed by atoms with Crippen LogP contribution in [0, 0.1) is 5.92 Å². The van der Waals surface area contributed by atoms with E-state index < -0.39 is 15.6 Å². The van der Waals surface area contributed by atoms with Crippen LogP contribution in [0.5, 0.6) is 0 Å². The van der Waals surface area contributed by atoms with Gasteiger partial charge in [-0.05, 0) is 18.8 Å². The van der Waals surface area contributed by atoms with Crippen molar-refractivity contribution < 1.29 is 8.42 Å². The molecule has 0 bridgehead atoms. The lowest BCUT2D eigenvalue weighted by molar-refractivity contribution is 0.239. The van der Waals surface area contributed by atoms with Gasteiger partial charge in [0.2, 0.25) is 10.0 Å². The molecule has 0 saturated heterocycles. The van der Waals surface area contributed by atoms with Gasteiger partial charge in [-0.2, -0.15) is 5.10 Å². The fourth-order valence-electron chi connectivity index (χ4n) is 2.63. The molecular formula is C11H18ClN3O2S. The van der Waals surface area contributed by atoms with E-state index >= 15 is 0 Å². The highest BCUT2D eigenvalue weighted by molar-refractivity contribution is 7.89. The van der Waals surface area contributed by atoms with Gasteiger partial charge in [0.25, 0.3) is 0 Å². The van der Waals surface area contributed by atoms with Crippen LogP contribution < -0.4 is 4.72 Å². The minimum absolute atomic E-state index is 0.158. The monoisotopic (exact) mass is 291 g/mol. The zero-order valence-corrected chi connectivity index (χ0v) is 11.9. The molecule has 2 rings (SSSR count). The van der Waals surface area contributed by atoms with Gasteiger partial charge in [0, 0.05) is 17.6 Å². The third kappa shape index (κ3) is 2.87. The van der Waals surface area contributed by atoms with Crippen LogP contribution in [0.3, 0.4) is 0 Å². The van der Waals surface area contributed by atoms with Crippen molar-refractivity contribution in [1.29, 1.82) is 0 Å². The summed E-state index contributed by atoms with van der Waals surface area (Å²) in [5.74, 6) is 0.790. The summed E-state index contributed by atoms with van der Waals surface area (Å²) < 4.78 is 27.2. The van der Waals surface area contributed by atoms with E-state index in [-0.39, 0.29) is 4.90 Å². The minimum Gasteiger partial charge on any atom is -0.284 e. The average Bonchev–Trinajstić information content (AvgIpc) is 2.82. The number of hydrogen-bond donors (Lipinski definition) is 2. The highest BCUT2D eigenvalue weighted by Gasteiger charge is 2.38. The lowest BCUT2D eigenvalue weighted by atomic mass is 9.78. The Balaban J connectivity index is 2.20. The Labute approximate surface area is 112 Å². The van der Waals surface area contributed by atoms with E-state index in [0.717, 1.165) is 25.7 Å². The van der Waals surface area contributed by atoms with Crippen LogP contribution in [0.2, 0.25) is 0 Å². The predicted molar refractivity (Wildman–Crippen MR) is 70.0 cm³/mol. The number of halogens is 1. The normalized spacial score (nSPS) is 29.3. The standard InChI is InChI=1S/C11H18ClN3O2S/c1-9-3-2-4-11(5-9,8-12)15-18(16,17)10-6-13-14-7-10/h6-7,9,15H,2-5,8H2,1H3,(H,13,14). The van der Waals surface area contributed by atoms with Gasteiger partial charge in [0.1, 0.15) is 4.90 Å². The first-order valence-corrected chi connectivity index (χ1v) is 8.08. The zero-order valence-electron chi connectivity index (χ0n) is 10.3. The van der Waals surface area contributed by atoms with Gasteiger partial charge in [-0.1, -0.05) is 19.8 Å². The molecule has 0 aromatic carbocycles. The minimum atomic E-state index is -3.54. The van der Waals surface area contributed by atoms with Gasteiger partial charge in [0.15, 0.2) is 0 Å². The van der Waals surface area contributed by atoms with Crippen molar-refractivity contribution in [3.05, 3.63) is 12.4 Å². The van der Waals surface area contributed by atoms with E-state index in [0.29, 0.717) is 11.8 Å². The largest absolute Gasteiger partial charge is 0.284 e. The number of alkyl halides is 1. The Bertz CT molecular complexity index is 488. The third-order valence-electron chi connectivity index (χ3n) is 3.48. The van der Waals surface area contributed by atoms with E-state index in [2.05, 4.69) is 21.8 Å². The second-order valence-electron chi connectivity index (χ2n) is 5.15. The van der Waals surface area contributed by atoms with E-state index in [9.17, 15) is 8.42 Å². The Morgan fingerprint density at radius 2 is 2.44 bits per heavy atom. The van der Waals surface area contributed by atoms with E-state index in [1.54, 1.807) is 0 Å². The lowest BCUT2D eigenvalue weighted by Crippen LogP contribution is -2.52. The summed E-state index contributed by atoms with van der Waals surface area (Å²) in [6.07, 6.45) is 6.38. The van der Waals surface area contributed by atoms with E-state index in [1.807, 2.05) is 0 Å². The van der Waals surface area contributed by atoms with Crippen LogP contribution in [0.25, 0.3) is 0 Å². The Morgan fingerprint density at radius 1 is 1.67 bits per heavy atom. The summed E-state index contributed by atoms with van der Waals surface area (Å²) in [6.45, 7) is 2.13. The van der Waals surface area contributed by atoms with Crippen molar-refractivity contribution in [2.45, 2.75) is 43.0 Å². The SMILES string of the molecule is CC1CCCC(CCl)(NS(=O)(=O)c2cn[nH]c2)C1. The summed E-state index contributed by atoms with van der Waals surface area (Å²) in [7, 11) is -3.54. The molecule has 7 heteroatoms. The Hall–Kier alpha value is -0.590. The van der Waals surface area contributed by atoms with Crippen LogP contribution in [-0.2, 0) is 10.0 Å². The molecule has 1 saturated carbocycles. The molecule has 0 spiro atoms. The van der Waals surface area contributed by atoms with Crippen LogP contribution in [0.15, 0.2) is 17.3 Å². The second-order valence-corrected chi connectivity index (χ2v) is 7.10. The molecule has 102 valence electrons. The molecule has 18 heavy (non-hydrogen) atoms. The Kier molecular flexibility index (Phi) is 3.99. The molecule has 0 amide bonds. The fraction of sp³-hybridized carbons (Fsp3) is 0.727. The van der Waals surface area contributed by atoms with Gasteiger partial charge >= 0.3 is 0 Å². The van der Waals surface area contributed by atoms with Crippen molar-refractivity contribution >= 4 is 21.6 Å². The number of nitrogens with zero attached hydrogens (tertiary/aromatic N) is 1. The fourth-order valence-corrected chi connectivity index (χ4v) is 4.36. The molecule has 1 aromatic rings. The van der Waals surface area contributed by atoms with Gasteiger partial charge < -0.3 is 0 Å². The summed E-state index contributed by atoms with van der Waals surface area (Å²) >= 11 is 6.02. The predicted octanol–water partition coefficient (Wildman–Crippen LogP) is 1.88. The number of aromatic amines is 1. The molecule has 0 aliphatic heterocycles. The number of sulfonamides is 1. The van der Waals surface area contributed by atoms with Gasteiger partial charge in [-0.25, -0.2) is 13.1 Å². The first kappa shape index (κ1) is 13.8. The first-order valence-electron chi connectivity index (χ1n) is 6.06. The molecule has 0 radical (unpaired) electrons. The quantitative estimate of drug-likeness (QED) is 0.832. The van der Waals surface area contributed by atoms with Crippen molar-refractivity contribution in [2.75, 3.05) is 5.88 Å². The molecule has 2 N–H and O–H groups in total. The maximum Gasteiger partial charge on any atom is 0.244 e. The molecule has 2 unspecified atom stereocenters. The van der Waals surface area contributed by atoms with Crippen molar-refractivity contribution in [1.82, 2.24) is 14.9 Å². The van der Waals surface area contributed by atoms with Crippen molar-refractivity contribution in [2.24, 2.45) is 5.92 Å². The first-order chi connectivity index (χ1) is 8.47. The summed E-state index contributed by atoms with van der Waals surface area (Å²) in [5, 5.41) is 6.18. The maximum atomic E-state index is 12.2. The zero-order chi connectivity index (χ0) is 13.2. The number of nitrogens with one attached hydrogen (secondary N) is 2. The molecule has 1 aliphatic rings. The lowest BCUT2D eigenvalue weighted by Gasteiger charge is -2.38. The second kappa shape index (κ2) is 5.19. The van der Waals surface area contributed by atoms with Gasteiger partial charge in [0.05, 0.1) is 6.20 Å². The number of rotatable bonds is 4. The van der Waals surface area contributed by atoms with Crippen LogP contribution in [0.4, 0.5) is 0 Å². The number of hydrogen-bond acceptors (Lipinski definition) is 3.